The molecule has 0 fully saturated rings. The molecule has 0 heterocycles. The minimum Gasteiger partial charge on any atom is -0.377 e. The summed E-state index contributed by atoms with van der Waals surface area (Å²) in [7, 11) is 0. The molecule has 21 heavy (non-hydrogen) atoms. The molecule has 0 aromatic rings. The Balaban J connectivity index is 3.04. The summed E-state index contributed by atoms with van der Waals surface area (Å²) in [6.07, 6.45) is 20.0. The minimum absolute atomic E-state index is 0.667. The van der Waals surface area contributed by atoms with Crippen LogP contribution in [0.1, 0.15) is 84.0 Å². The zero-order valence-corrected chi connectivity index (χ0v) is 14.8. The number of ether oxygens (including phenoxy) is 1. The fourth-order valence-electron chi connectivity index (χ4n) is 2.28. The SMILES string of the molecule is CCCCCCCCCCCCCOCC=C=CCCCl. The number of unbranched alkanes of at least 4 members (excludes halogenated alkanes) is 10. The van der Waals surface area contributed by atoms with E-state index in [1.54, 1.807) is 0 Å². The van der Waals surface area contributed by atoms with Gasteiger partial charge in [-0.1, -0.05) is 71.1 Å². The summed E-state index contributed by atoms with van der Waals surface area (Å²) in [6.45, 7) is 3.83. The lowest BCUT2D eigenvalue weighted by Crippen LogP contribution is -1.94. The Labute approximate surface area is 137 Å². The third-order valence-corrected chi connectivity index (χ3v) is 3.80. The van der Waals surface area contributed by atoms with Crippen molar-refractivity contribution < 1.29 is 4.74 Å². The number of alkyl halides is 1. The van der Waals surface area contributed by atoms with Crippen molar-refractivity contribution in [2.45, 2.75) is 84.0 Å². The van der Waals surface area contributed by atoms with E-state index in [1.807, 2.05) is 12.2 Å². The molecule has 0 aliphatic heterocycles. The van der Waals surface area contributed by atoms with E-state index in [-0.39, 0.29) is 0 Å². The van der Waals surface area contributed by atoms with Gasteiger partial charge in [0.25, 0.3) is 0 Å². The van der Waals surface area contributed by atoms with Crippen molar-refractivity contribution in [2.24, 2.45) is 0 Å². The van der Waals surface area contributed by atoms with E-state index in [4.69, 9.17) is 16.3 Å². The molecule has 0 bridgehead atoms. The molecule has 0 atom stereocenters. The van der Waals surface area contributed by atoms with E-state index >= 15 is 0 Å². The highest BCUT2D eigenvalue weighted by Gasteiger charge is 1.93. The summed E-state index contributed by atoms with van der Waals surface area (Å²) in [5, 5.41) is 0. The van der Waals surface area contributed by atoms with E-state index in [9.17, 15) is 0 Å². The summed E-state index contributed by atoms with van der Waals surface area (Å²) in [5.41, 5.74) is 3.07. The molecule has 0 saturated carbocycles. The number of hydrogen-bond acceptors (Lipinski definition) is 1. The van der Waals surface area contributed by atoms with Gasteiger partial charge in [-0.3, -0.25) is 0 Å². The lowest BCUT2D eigenvalue weighted by molar-refractivity contribution is 0.157. The fourth-order valence-corrected chi connectivity index (χ4v) is 2.39. The van der Waals surface area contributed by atoms with Crippen LogP contribution in [0.25, 0.3) is 0 Å². The summed E-state index contributed by atoms with van der Waals surface area (Å²) in [4.78, 5) is 0. The Morgan fingerprint density at radius 1 is 0.810 bits per heavy atom. The quantitative estimate of drug-likeness (QED) is 0.176. The van der Waals surface area contributed by atoms with Gasteiger partial charge in [0.2, 0.25) is 0 Å². The van der Waals surface area contributed by atoms with E-state index in [2.05, 4.69) is 12.7 Å². The summed E-state index contributed by atoms with van der Waals surface area (Å²) >= 11 is 5.56. The maximum atomic E-state index is 5.56. The third kappa shape index (κ3) is 19.8. The van der Waals surface area contributed by atoms with Gasteiger partial charge in [-0.05, 0) is 25.0 Å². The van der Waals surface area contributed by atoms with Crippen LogP contribution in [0.2, 0.25) is 0 Å². The second-order valence-corrected chi connectivity index (χ2v) is 6.04. The molecule has 0 amide bonds. The first-order valence-corrected chi connectivity index (χ1v) is 9.48. The lowest BCUT2D eigenvalue weighted by Gasteiger charge is -2.03. The van der Waals surface area contributed by atoms with Gasteiger partial charge < -0.3 is 4.74 Å². The first-order valence-electron chi connectivity index (χ1n) is 8.95. The summed E-state index contributed by atoms with van der Waals surface area (Å²) < 4.78 is 5.53. The summed E-state index contributed by atoms with van der Waals surface area (Å²) in [6, 6.07) is 0. The van der Waals surface area contributed by atoms with Crippen LogP contribution in [-0.2, 0) is 4.74 Å². The average Bonchev–Trinajstić information content (AvgIpc) is 2.50. The molecule has 0 aliphatic rings. The Morgan fingerprint density at radius 2 is 1.38 bits per heavy atom. The van der Waals surface area contributed by atoms with Crippen LogP contribution in [0.5, 0.6) is 0 Å². The normalized spacial score (nSPS) is 10.4. The number of hydrogen-bond donors (Lipinski definition) is 0. The van der Waals surface area contributed by atoms with Gasteiger partial charge in [0, 0.05) is 12.5 Å². The lowest BCUT2D eigenvalue weighted by atomic mass is 10.1. The Kier molecular flexibility index (Phi) is 19.6. The highest BCUT2D eigenvalue weighted by molar-refractivity contribution is 6.17. The van der Waals surface area contributed by atoms with Gasteiger partial charge in [0.1, 0.15) is 0 Å². The summed E-state index contributed by atoms with van der Waals surface area (Å²) in [5.74, 6) is 0.667. The first-order chi connectivity index (χ1) is 10.4. The second-order valence-electron chi connectivity index (χ2n) is 5.66. The van der Waals surface area contributed by atoms with Crippen molar-refractivity contribution in [1.82, 2.24) is 0 Å². The van der Waals surface area contributed by atoms with Crippen LogP contribution in [0, 0.1) is 0 Å². The van der Waals surface area contributed by atoms with Crippen LogP contribution >= 0.6 is 11.6 Å². The minimum atomic E-state index is 0.667. The van der Waals surface area contributed by atoms with E-state index in [0.29, 0.717) is 12.5 Å². The maximum absolute atomic E-state index is 5.56. The van der Waals surface area contributed by atoms with Gasteiger partial charge in [-0.15, -0.1) is 17.3 Å². The molecule has 0 spiro atoms. The van der Waals surface area contributed by atoms with Crippen LogP contribution in [0.3, 0.4) is 0 Å². The standard InChI is InChI=1S/C19H35ClO/c1-2-3-4-5-6-7-8-9-10-12-15-18-21-19-16-13-11-14-17-20/h11,16H,2-10,12,14-15,17-19H2,1H3. The van der Waals surface area contributed by atoms with Crippen LogP contribution in [-0.4, -0.2) is 19.1 Å². The molecule has 0 aromatic carbocycles. The molecule has 0 rings (SSSR count). The number of rotatable bonds is 16. The molecule has 1 nitrogen and oxygen atoms in total. The highest BCUT2D eigenvalue weighted by Crippen LogP contribution is 2.11. The predicted octanol–water partition coefficient (Wildman–Crippen LogP) is 6.65. The monoisotopic (exact) mass is 314 g/mol. The topological polar surface area (TPSA) is 9.23 Å². The zero-order chi connectivity index (χ0) is 15.4. The molecule has 0 aliphatic carbocycles. The maximum Gasteiger partial charge on any atom is 0.0721 e. The average molecular weight is 315 g/mol. The van der Waals surface area contributed by atoms with Crippen molar-refractivity contribution in [3.05, 3.63) is 17.9 Å². The van der Waals surface area contributed by atoms with Crippen molar-refractivity contribution >= 4 is 11.6 Å². The van der Waals surface area contributed by atoms with Crippen LogP contribution < -0.4 is 0 Å². The van der Waals surface area contributed by atoms with E-state index in [0.717, 1.165) is 13.0 Å². The zero-order valence-electron chi connectivity index (χ0n) is 14.0. The van der Waals surface area contributed by atoms with Crippen molar-refractivity contribution in [2.75, 3.05) is 19.1 Å². The van der Waals surface area contributed by atoms with Crippen molar-refractivity contribution in [1.29, 1.82) is 0 Å². The van der Waals surface area contributed by atoms with Gasteiger partial charge in [0.15, 0.2) is 0 Å². The molecule has 0 N–H and O–H groups in total. The second kappa shape index (κ2) is 19.8. The Hall–Kier alpha value is -0.230. The van der Waals surface area contributed by atoms with E-state index < -0.39 is 0 Å². The predicted molar refractivity (Wildman–Crippen MR) is 95.3 cm³/mol. The smallest absolute Gasteiger partial charge is 0.0721 e. The Morgan fingerprint density at radius 3 is 1.95 bits per heavy atom. The first kappa shape index (κ1) is 20.8. The molecule has 0 aromatic heterocycles. The van der Waals surface area contributed by atoms with E-state index in [1.165, 1.54) is 70.6 Å². The van der Waals surface area contributed by atoms with Crippen molar-refractivity contribution in [3.63, 3.8) is 0 Å². The van der Waals surface area contributed by atoms with Gasteiger partial charge in [-0.25, -0.2) is 0 Å². The van der Waals surface area contributed by atoms with Gasteiger partial charge >= 0.3 is 0 Å². The molecule has 0 unspecified atom stereocenters. The molecular weight excluding hydrogens is 280 g/mol. The molecular formula is C19H35ClO. The fraction of sp³-hybridized carbons (Fsp3) is 0.842. The Bertz CT molecular complexity index is 244. The molecule has 124 valence electrons. The molecule has 0 saturated heterocycles. The van der Waals surface area contributed by atoms with Crippen molar-refractivity contribution in [3.8, 4) is 0 Å². The van der Waals surface area contributed by atoms with Crippen LogP contribution in [0.4, 0.5) is 0 Å². The van der Waals surface area contributed by atoms with Gasteiger partial charge in [-0.2, -0.15) is 0 Å². The molecule has 0 radical (unpaired) electrons. The largest absolute Gasteiger partial charge is 0.377 e. The molecule has 2 heteroatoms. The van der Waals surface area contributed by atoms with Crippen LogP contribution in [0.15, 0.2) is 17.9 Å². The highest BCUT2D eigenvalue weighted by atomic mass is 35.5. The number of halogens is 1. The third-order valence-electron chi connectivity index (χ3n) is 3.58. The van der Waals surface area contributed by atoms with Gasteiger partial charge in [0.05, 0.1) is 6.61 Å².